The van der Waals surface area contributed by atoms with Crippen molar-refractivity contribution in [3.8, 4) is 0 Å². The molecule has 1 aliphatic heterocycles. The Morgan fingerprint density at radius 1 is 1.62 bits per heavy atom. The largest absolute Gasteiger partial charge is 0.356 e. The summed E-state index contributed by atoms with van der Waals surface area (Å²) in [6.45, 7) is 0.934. The van der Waals surface area contributed by atoms with Crippen LogP contribution < -0.4 is 0 Å². The molecule has 1 saturated heterocycles. The molecule has 46 valence electrons. The maximum absolute atomic E-state index is 5.24. The standard InChI is InChI=1S/C6H10O2/c1-7-6-5-2-4(5)3-8-6/h4-6H,2-3H2,1H3/t4-,5-,6-/m0/s1. The Morgan fingerprint density at radius 3 is 2.75 bits per heavy atom. The quantitative estimate of drug-likeness (QED) is 0.497. The minimum atomic E-state index is 0.139. The minimum Gasteiger partial charge on any atom is -0.356 e. The lowest BCUT2D eigenvalue weighted by atomic mass is 10.4. The molecular weight excluding hydrogens is 104 g/mol. The predicted octanol–water partition coefficient (Wildman–Crippen LogP) is 0.625. The van der Waals surface area contributed by atoms with E-state index in [0.717, 1.165) is 18.4 Å². The van der Waals surface area contributed by atoms with Gasteiger partial charge in [-0.25, -0.2) is 0 Å². The molecular formula is C6H10O2. The molecule has 8 heavy (non-hydrogen) atoms. The van der Waals surface area contributed by atoms with Gasteiger partial charge in [-0.05, 0) is 12.3 Å². The maximum atomic E-state index is 5.24. The minimum absolute atomic E-state index is 0.139. The molecule has 2 fully saturated rings. The van der Waals surface area contributed by atoms with Gasteiger partial charge in [0.2, 0.25) is 0 Å². The van der Waals surface area contributed by atoms with Crippen LogP contribution in [0.3, 0.4) is 0 Å². The second-order valence-electron chi connectivity index (χ2n) is 2.60. The predicted molar refractivity (Wildman–Crippen MR) is 28.3 cm³/mol. The summed E-state index contributed by atoms with van der Waals surface area (Å²) in [6.07, 6.45) is 1.47. The van der Waals surface area contributed by atoms with Crippen molar-refractivity contribution in [3.05, 3.63) is 0 Å². The smallest absolute Gasteiger partial charge is 0.160 e. The molecule has 0 amide bonds. The zero-order valence-corrected chi connectivity index (χ0v) is 4.96. The number of hydrogen-bond acceptors (Lipinski definition) is 2. The van der Waals surface area contributed by atoms with E-state index in [2.05, 4.69) is 0 Å². The van der Waals surface area contributed by atoms with Crippen LogP contribution in [0.25, 0.3) is 0 Å². The molecule has 0 bridgehead atoms. The molecule has 2 aliphatic rings. The fraction of sp³-hybridized carbons (Fsp3) is 1.00. The second kappa shape index (κ2) is 1.45. The summed E-state index contributed by atoms with van der Waals surface area (Å²) in [5, 5.41) is 0. The molecule has 0 radical (unpaired) electrons. The highest BCUT2D eigenvalue weighted by Crippen LogP contribution is 2.47. The number of methoxy groups -OCH3 is 1. The van der Waals surface area contributed by atoms with Gasteiger partial charge in [-0.15, -0.1) is 0 Å². The first-order valence-corrected chi connectivity index (χ1v) is 3.06. The highest BCUT2D eigenvalue weighted by Gasteiger charge is 2.49. The molecule has 1 saturated carbocycles. The highest BCUT2D eigenvalue weighted by atomic mass is 16.7. The van der Waals surface area contributed by atoms with E-state index < -0.39 is 0 Å². The molecule has 0 unspecified atom stereocenters. The van der Waals surface area contributed by atoms with Crippen molar-refractivity contribution in [2.75, 3.05) is 13.7 Å². The van der Waals surface area contributed by atoms with Crippen LogP contribution in [0.4, 0.5) is 0 Å². The molecule has 0 aromatic rings. The van der Waals surface area contributed by atoms with Crippen LogP contribution in [0.5, 0.6) is 0 Å². The lowest BCUT2D eigenvalue weighted by Crippen LogP contribution is -2.11. The molecule has 2 heteroatoms. The first-order chi connectivity index (χ1) is 3.92. The SMILES string of the molecule is CO[C@H]1OC[C@@H]2C[C@@H]21. The Labute approximate surface area is 48.8 Å². The van der Waals surface area contributed by atoms with E-state index in [0.29, 0.717) is 0 Å². The van der Waals surface area contributed by atoms with Gasteiger partial charge in [0, 0.05) is 13.0 Å². The van der Waals surface area contributed by atoms with Crippen LogP contribution in [0.15, 0.2) is 0 Å². The third kappa shape index (κ3) is 0.501. The number of hydrogen-bond donors (Lipinski definition) is 0. The average Bonchev–Trinajstić information content (AvgIpc) is 2.46. The molecule has 2 rings (SSSR count). The Kier molecular flexibility index (Phi) is 0.866. The summed E-state index contributed by atoms with van der Waals surface area (Å²) in [6, 6.07) is 0. The van der Waals surface area contributed by atoms with E-state index in [-0.39, 0.29) is 6.29 Å². The third-order valence-corrected chi connectivity index (χ3v) is 2.03. The normalized spacial score (nSPS) is 51.4. The van der Waals surface area contributed by atoms with E-state index in [1.54, 1.807) is 7.11 Å². The molecule has 0 aromatic heterocycles. The Morgan fingerprint density at radius 2 is 2.50 bits per heavy atom. The van der Waals surface area contributed by atoms with E-state index in [1.807, 2.05) is 0 Å². The molecule has 3 atom stereocenters. The summed E-state index contributed by atoms with van der Waals surface area (Å²) >= 11 is 0. The fourth-order valence-electron chi connectivity index (χ4n) is 1.38. The molecule has 1 aliphatic carbocycles. The third-order valence-electron chi connectivity index (χ3n) is 2.03. The van der Waals surface area contributed by atoms with Gasteiger partial charge < -0.3 is 9.47 Å². The van der Waals surface area contributed by atoms with Crippen molar-refractivity contribution in [1.29, 1.82) is 0 Å². The topological polar surface area (TPSA) is 18.5 Å². The average molecular weight is 114 g/mol. The molecule has 1 heterocycles. The lowest BCUT2D eigenvalue weighted by molar-refractivity contribution is -0.109. The Bertz CT molecular complexity index is 103. The maximum Gasteiger partial charge on any atom is 0.160 e. The first-order valence-electron chi connectivity index (χ1n) is 3.06. The summed E-state index contributed by atoms with van der Waals surface area (Å²) in [5.41, 5.74) is 0. The van der Waals surface area contributed by atoms with E-state index in [9.17, 15) is 0 Å². The molecule has 0 aromatic carbocycles. The van der Waals surface area contributed by atoms with Crippen molar-refractivity contribution in [3.63, 3.8) is 0 Å². The van der Waals surface area contributed by atoms with Gasteiger partial charge in [0.05, 0.1) is 6.61 Å². The van der Waals surface area contributed by atoms with Gasteiger partial charge in [0.25, 0.3) is 0 Å². The fourth-order valence-corrected chi connectivity index (χ4v) is 1.38. The second-order valence-corrected chi connectivity index (χ2v) is 2.60. The van der Waals surface area contributed by atoms with Crippen molar-refractivity contribution < 1.29 is 9.47 Å². The molecule has 0 spiro atoms. The van der Waals surface area contributed by atoms with Crippen molar-refractivity contribution >= 4 is 0 Å². The van der Waals surface area contributed by atoms with Crippen molar-refractivity contribution in [1.82, 2.24) is 0 Å². The van der Waals surface area contributed by atoms with Gasteiger partial charge in [-0.1, -0.05) is 0 Å². The van der Waals surface area contributed by atoms with Gasteiger partial charge in [-0.3, -0.25) is 0 Å². The van der Waals surface area contributed by atoms with E-state index in [4.69, 9.17) is 9.47 Å². The van der Waals surface area contributed by atoms with E-state index >= 15 is 0 Å². The van der Waals surface area contributed by atoms with Crippen LogP contribution in [0.2, 0.25) is 0 Å². The number of fused-ring (bicyclic) bond motifs is 1. The summed E-state index contributed by atoms with van der Waals surface area (Å²) in [5.74, 6) is 1.60. The molecule has 2 nitrogen and oxygen atoms in total. The number of rotatable bonds is 1. The van der Waals surface area contributed by atoms with Gasteiger partial charge >= 0.3 is 0 Å². The van der Waals surface area contributed by atoms with Crippen LogP contribution in [0.1, 0.15) is 6.42 Å². The summed E-state index contributed by atoms with van der Waals surface area (Å²) < 4.78 is 10.3. The van der Waals surface area contributed by atoms with Crippen LogP contribution >= 0.6 is 0 Å². The Hall–Kier alpha value is -0.0800. The Balaban J connectivity index is 1.97. The van der Waals surface area contributed by atoms with Crippen molar-refractivity contribution in [2.45, 2.75) is 12.7 Å². The summed E-state index contributed by atoms with van der Waals surface area (Å²) in [7, 11) is 1.71. The zero-order chi connectivity index (χ0) is 5.56. The zero-order valence-electron chi connectivity index (χ0n) is 4.96. The van der Waals surface area contributed by atoms with Crippen LogP contribution in [-0.2, 0) is 9.47 Å². The van der Waals surface area contributed by atoms with Crippen LogP contribution in [0, 0.1) is 11.8 Å². The molecule has 0 N–H and O–H groups in total. The lowest BCUT2D eigenvalue weighted by Gasteiger charge is -2.07. The van der Waals surface area contributed by atoms with Crippen LogP contribution in [-0.4, -0.2) is 20.0 Å². The van der Waals surface area contributed by atoms with E-state index in [1.165, 1.54) is 6.42 Å². The van der Waals surface area contributed by atoms with Gasteiger partial charge in [-0.2, -0.15) is 0 Å². The van der Waals surface area contributed by atoms with Gasteiger partial charge in [0.15, 0.2) is 6.29 Å². The first kappa shape index (κ1) is 4.77. The number of ether oxygens (including phenoxy) is 2. The summed E-state index contributed by atoms with van der Waals surface area (Å²) in [4.78, 5) is 0. The van der Waals surface area contributed by atoms with Gasteiger partial charge in [0.1, 0.15) is 0 Å². The monoisotopic (exact) mass is 114 g/mol. The highest BCUT2D eigenvalue weighted by molar-refractivity contribution is 4.93. The van der Waals surface area contributed by atoms with Crippen molar-refractivity contribution in [2.24, 2.45) is 11.8 Å².